The standard InChI is InChI=1S/C51H36N2/c1-32-47(33-24-26-52-27-25-33)29-36-10-2-3-11-38(36)43-21-18-34(28-48(32)43)35-19-22-46-45-16-8-9-17-50(45)53(51(46)30-35)37-20-23-44-41-14-5-4-12-39(41)40-13-6-7-15-42(40)49(44)31-37/h2-28,30-32,47H,29H2,1H3/t32-,47?/m0/s1. The van der Waals surface area contributed by atoms with E-state index in [-0.39, 0.29) is 0 Å². The fraction of sp³-hybridized carbons (Fsp3) is 0.0784. The summed E-state index contributed by atoms with van der Waals surface area (Å²) in [6.07, 6.45) is 4.88. The van der Waals surface area contributed by atoms with Gasteiger partial charge in [0.25, 0.3) is 0 Å². The zero-order chi connectivity index (χ0) is 35.0. The maximum absolute atomic E-state index is 4.34. The first kappa shape index (κ1) is 30.1. The molecule has 1 aliphatic carbocycles. The molecule has 11 rings (SSSR count). The number of hydrogen-bond acceptors (Lipinski definition) is 1. The van der Waals surface area contributed by atoms with Crippen LogP contribution in [0.4, 0.5) is 0 Å². The minimum absolute atomic E-state index is 0.332. The maximum atomic E-state index is 4.34. The molecule has 8 aromatic carbocycles. The van der Waals surface area contributed by atoms with E-state index in [0.717, 1.165) is 6.42 Å². The van der Waals surface area contributed by atoms with Gasteiger partial charge in [-0.15, -0.1) is 0 Å². The van der Waals surface area contributed by atoms with Crippen molar-refractivity contribution in [3.63, 3.8) is 0 Å². The van der Waals surface area contributed by atoms with Crippen LogP contribution in [0.1, 0.15) is 35.4 Å². The van der Waals surface area contributed by atoms with E-state index in [0.29, 0.717) is 11.8 Å². The third kappa shape index (κ3) is 4.62. The van der Waals surface area contributed by atoms with Crippen molar-refractivity contribution in [2.75, 3.05) is 0 Å². The Morgan fingerprint density at radius 2 is 1.06 bits per heavy atom. The fourth-order valence-corrected chi connectivity index (χ4v) is 9.44. The van der Waals surface area contributed by atoms with Crippen molar-refractivity contribution in [2.45, 2.75) is 25.2 Å². The van der Waals surface area contributed by atoms with Gasteiger partial charge in [-0.3, -0.25) is 4.98 Å². The topological polar surface area (TPSA) is 17.8 Å². The molecule has 0 amide bonds. The van der Waals surface area contributed by atoms with Crippen LogP contribution >= 0.6 is 0 Å². The normalized spacial score (nSPS) is 15.6. The van der Waals surface area contributed by atoms with E-state index < -0.39 is 0 Å². The second-order valence-corrected chi connectivity index (χ2v) is 14.7. The molecule has 53 heavy (non-hydrogen) atoms. The summed E-state index contributed by atoms with van der Waals surface area (Å²) in [4.78, 5) is 4.34. The summed E-state index contributed by atoms with van der Waals surface area (Å²) in [7, 11) is 0. The third-order valence-electron chi connectivity index (χ3n) is 12.0. The van der Waals surface area contributed by atoms with Crippen LogP contribution in [0.2, 0.25) is 0 Å². The quantitative estimate of drug-likeness (QED) is 0.170. The largest absolute Gasteiger partial charge is 0.309 e. The lowest BCUT2D eigenvalue weighted by Crippen LogP contribution is -2.10. The Kier molecular flexibility index (Phi) is 6.69. The van der Waals surface area contributed by atoms with Gasteiger partial charge in [0, 0.05) is 28.9 Å². The van der Waals surface area contributed by atoms with Crippen LogP contribution in [-0.2, 0) is 6.42 Å². The molecule has 2 heteroatoms. The van der Waals surface area contributed by atoms with Gasteiger partial charge in [0.15, 0.2) is 0 Å². The molecular formula is C51H36N2. The maximum Gasteiger partial charge on any atom is 0.0547 e. The van der Waals surface area contributed by atoms with Crippen molar-refractivity contribution in [1.82, 2.24) is 9.55 Å². The molecule has 10 aromatic rings. The van der Waals surface area contributed by atoms with Crippen LogP contribution in [-0.4, -0.2) is 9.55 Å². The molecular weight excluding hydrogens is 641 g/mol. The molecule has 2 nitrogen and oxygen atoms in total. The summed E-state index contributed by atoms with van der Waals surface area (Å²) in [5.41, 5.74) is 13.0. The van der Waals surface area contributed by atoms with Crippen LogP contribution in [0.15, 0.2) is 176 Å². The number of nitrogens with zero attached hydrogens (tertiary/aromatic N) is 2. The molecule has 0 spiro atoms. The van der Waals surface area contributed by atoms with Crippen LogP contribution in [0.5, 0.6) is 0 Å². The van der Waals surface area contributed by atoms with Crippen molar-refractivity contribution in [3.05, 3.63) is 193 Å². The van der Waals surface area contributed by atoms with Gasteiger partial charge in [-0.2, -0.15) is 0 Å². The highest BCUT2D eigenvalue weighted by Crippen LogP contribution is 2.47. The van der Waals surface area contributed by atoms with Gasteiger partial charge in [0.1, 0.15) is 0 Å². The van der Waals surface area contributed by atoms with E-state index in [1.807, 2.05) is 12.4 Å². The molecule has 1 unspecified atom stereocenters. The predicted molar refractivity (Wildman–Crippen MR) is 223 cm³/mol. The highest BCUT2D eigenvalue weighted by Gasteiger charge is 2.29. The number of pyridine rings is 1. The Morgan fingerprint density at radius 1 is 0.472 bits per heavy atom. The van der Waals surface area contributed by atoms with Gasteiger partial charge >= 0.3 is 0 Å². The van der Waals surface area contributed by atoms with E-state index in [9.17, 15) is 0 Å². The number of aromatic nitrogens is 2. The first-order valence-electron chi connectivity index (χ1n) is 18.7. The lowest BCUT2D eigenvalue weighted by molar-refractivity contribution is 0.579. The fourth-order valence-electron chi connectivity index (χ4n) is 9.44. The van der Waals surface area contributed by atoms with E-state index in [4.69, 9.17) is 0 Å². The summed E-state index contributed by atoms with van der Waals surface area (Å²) in [6.45, 7) is 2.41. The smallest absolute Gasteiger partial charge is 0.0547 e. The SMILES string of the molecule is C[C@@H]1c2cc(-c3ccc4c5ccccc5n(-c5ccc6c7ccccc7c7ccccc7c6c5)c4c3)ccc2-c2ccccc2CC1c1ccncc1. The van der Waals surface area contributed by atoms with Crippen molar-refractivity contribution >= 4 is 54.1 Å². The molecule has 0 aliphatic heterocycles. The molecule has 0 N–H and O–H groups in total. The molecule has 2 aromatic heterocycles. The van der Waals surface area contributed by atoms with Crippen molar-refractivity contribution in [3.8, 4) is 27.9 Å². The van der Waals surface area contributed by atoms with E-state index in [2.05, 4.69) is 180 Å². The number of para-hydroxylation sites is 1. The number of rotatable bonds is 3. The highest BCUT2D eigenvalue weighted by molar-refractivity contribution is 6.25. The Balaban J connectivity index is 1.12. The number of benzene rings is 8. The lowest BCUT2D eigenvalue weighted by Gasteiger charge is -2.24. The first-order valence-corrected chi connectivity index (χ1v) is 18.7. The van der Waals surface area contributed by atoms with Gasteiger partial charge in [-0.1, -0.05) is 134 Å². The van der Waals surface area contributed by atoms with Gasteiger partial charge in [-0.05, 0) is 126 Å². The Morgan fingerprint density at radius 3 is 1.83 bits per heavy atom. The van der Waals surface area contributed by atoms with Gasteiger partial charge in [0.05, 0.1) is 11.0 Å². The van der Waals surface area contributed by atoms with Crippen LogP contribution < -0.4 is 0 Å². The number of hydrogen-bond donors (Lipinski definition) is 0. The zero-order valence-corrected chi connectivity index (χ0v) is 29.5. The van der Waals surface area contributed by atoms with Gasteiger partial charge in [0.2, 0.25) is 0 Å². The molecule has 0 bridgehead atoms. The van der Waals surface area contributed by atoms with Crippen molar-refractivity contribution in [1.29, 1.82) is 0 Å². The Hall–Kier alpha value is -6.51. The molecule has 2 atom stereocenters. The Bertz CT molecular complexity index is 3020. The summed E-state index contributed by atoms with van der Waals surface area (Å²) < 4.78 is 2.47. The summed E-state index contributed by atoms with van der Waals surface area (Å²) in [6, 6.07) is 61.1. The minimum atomic E-state index is 0.332. The molecule has 250 valence electrons. The van der Waals surface area contributed by atoms with Gasteiger partial charge in [-0.25, -0.2) is 0 Å². The zero-order valence-electron chi connectivity index (χ0n) is 29.5. The van der Waals surface area contributed by atoms with Gasteiger partial charge < -0.3 is 4.57 Å². The van der Waals surface area contributed by atoms with E-state index in [1.54, 1.807) is 0 Å². The summed E-state index contributed by atoms with van der Waals surface area (Å²) in [5, 5.41) is 10.3. The molecule has 0 fully saturated rings. The Labute approximate surface area is 308 Å². The molecule has 0 saturated carbocycles. The third-order valence-corrected chi connectivity index (χ3v) is 12.0. The molecule has 0 saturated heterocycles. The second kappa shape index (κ2) is 11.8. The van der Waals surface area contributed by atoms with E-state index >= 15 is 0 Å². The van der Waals surface area contributed by atoms with E-state index in [1.165, 1.54) is 98.8 Å². The molecule has 2 heterocycles. The average molecular weight is 677 g/mol. The molecule has 0 radical (unpaired) electrons. The summed E-state index contributed by atoms with van der Waals surface area (Å²) >= 11 is 0. The van der Waals surface area contributed by atoms with Crippen molar-refractivity contribution < 1.29 is 0 Å². The van der Waals surface area contributed by atoms with Crippen molar-refractivity contribution in [2.24, 2.45) is 0 Å². The first-order chi connectivity index (χ1) is 26.2. The van der Waals surface area contributed by atoms with Crippen LogP contribution in [0, 0.1) is 0 Å². The predicted octanol–water partition coefficient (Wildman–Crippen LogP) is 13.4. The monoisotopic (exact) mass is 676 g/mol. The minimum Gasteiger partial charge on any atom is -0.309 e. The average Bonchev–Trinajstić information content (AvgIpc) is 3.50. The molecule has 1 aliphatic rings. The highest BCUT2D eigenvalue weighted by atomic mass is 15.0. The number of fused-ring (bicyclic) bond motifs is 12. The summed E-state index contributed by atoms with van der Waals surface area (Å²) in [5.74, 6) is 0.695. The van der Waals surface area contributed by atoms with Crippen LogP contribution in [0.3, 0.4) is 0 Å². The lowest BCUT2D eigenvalue weighted by atomic mass is 9.80. The second-order valence-electron chi connectivity index (χ2n) is 14.7. The van der Waals surface area contributed by atoms with Crippen LogP contribution in [0.25, 0.3) is 82.1 Å².